The van der Waals surface area contributed by atoms with Crippen LogP contribution < -0.4 is 0 Å². The third kappa shape index (κ3) is 3.82. The summed E-state index contributed by atoms with van der Waals surface area (Å²) in [6, 6.07) is 0. The SMILES string of the molecule is CC.CC12CCCCC1CCC1C2CCC2(C)C(CCC(F)(F)F)CCC12.[HH]. The summed E-state index contributed by atoms with van der Waals surface area (Å²) in [6.45, 7) is 8.93. The van der Waals surface area contributed by atoms with Crippen molar-refractivity contribution in [2.24, 2.45) is 40.4 Å². The Balaban J connectivity index is 0.000000906. The molecule has 7 unspecified atom stereocenters. The molecule has 0 N–H and O–H groups in total. The van der Waals surface area contributed by atoms with Crippen molar-refractivity contribution in [3.63, 3.8) is 0 Å². The predicted molar refractivity (Wildman–Crippen MR) is 109 cm³/mol. The first kappa shape index (κ1) is 21.5. The molecule has 7 atom stereocenters. The van der Waals surface area contributed by atoms with Crippen LogP contribution in [0.5, 0.6) is 0 Å². The Morgan fingerprint density at radius 3 is 2.22 bits per heavy atom. The van der Waals surface area contributed by atoms with Gasteiger partial charge >= 0.3 is 6.18 Å². The Kier molecular flexibility index (Phi) is 6.29. The lowest BCUT2D eigenvalue weighted by Gasteiger charge is -2.60. The largest absolute Gasteiger partial charge is 0.389 e. The Bertz CT molecular complexity index is 505. The molecular weight excluding hydrogens is 345 g/mol. The monoisotopic (exact) mass is 388 g/mol. The lowest BCUT2D eigenvalue weighted by atomic mass is 9.45. The van der Waals surface area contributed by atoms with Crippen molar-refractivity contribution in [1.82, 2.24) is 0 Å². The van der Waals surface area contributed by atoms with Gasteiger partial charge in [0, 0.05) is 7.85 Å². The fourth-order valence-corrected chi connectivity index (χ4v) is 8.22. The third-order valence-electron chi connectivity index (χ3n) is 9.56. The van der Waals surface area contributed by atoms with Gasteiger partial charge in [-0.25, -0.2) is 0 Å². The highest BCUT2D eigenvalue weighted by molar-refractivity contribution is 5.08. The van der Waals surface area contributed by atoms with Crippen molar-refractivity contribution in [3.05, 3.63) is 0 Å². The summed E-state index contributed by atoms with van der Waals surface area (Å²) >= 11 is 0. The summed E-state index contributed by atoms with van der Waals surface area (Å²) in [4.78, 5) is 0. The van der Waals surface area contributed by atoms with E-state index in [-0.39, 0.29) is 6.84 Å². The van der Waals surface area contributed by atoms with Gasteiger partial charge in [-0.15, -0.1) is 0 Å². The summed E-state index contributed by atoms with van der Waals surface area (Å²) in [6.07, 6.45) is 8.90. The van der Waals surface area contributed by atoms with Gasteiger partial charge in [0.1, 0.15) is 0 Å². The minimum Gasteiger partial charge on any atom is -0.171 e. The summed E-state index contributed by atoms with van der Waals surface area (Å²) in [5.74, 6) is 3.58. The molecular formula is C24H43F3. The molecule has 0 spiro atoms. The van der Waals surface area contributed by atoms with Crippen molar-refractivity contribution in [2.75, 3.05) is 0 Å². The average molecular weight is 389 g/mol. The molecule has 4 rings (SSSR count). The molecule has 0 bridgehead atoms. The van der Waals surface area contributed by atoms with Crippen LogP contribution in [-0.4, -0.2) is 6.18 Å². The van der Waals surface area contributed by atoms with Gasteiger partial charge in [0.05, 0.1) is 0 Å². The molecule has 0 aromatic rings. The molecule has 27 heavy (non-hydrogen) atoms. The zero-order valence-corrected chi connectivity index (χ0v) is 18.0. The molecule has 0 aromatic carbocycles. The number of alkyl halides is 3. The molecule has 4 saturated carbocycles. The maximum Gasteiger partial charge on any atom is 0.389 e. The number of halogens is 3. The van der Waals surface area contributed by atoms with Crippen LogP contribution in [0.4, 0.5) is 13.2 Å². The van der Waals surface area contributed by atoms with E-state index in [1.807, 2.05) is 13.8 Å². The molecule has 0 saturated heterocycles. The van der Waals surface area contributed by atoms with Crippen LogP contribution in [0, 0.1) is 40.4 Å². The Labute approximate surface area is 166 Å². The Morgan fingerprint density at radius 1 is 0.815 bits per heavy atom. The highest BCUT2D eigenvalue weighted by Crippen LogP contribution is 2.68. The lowest BCUT2D eigenvalue weighted by Crippen LogP contribution is -2.52. The van der Waals surface area contributed by atoms with Gasteiger partial charge in [-0.2, -0.15) is 13.2 Å². The summed E-state index contributed by atoms with van der Waals surface area (Å²) in [5.41, 5.74) is 0.719. The first-order chi connectivity index (χ1) is 12.7. The second-order valence-electron chi connectivity index (χ2n) is 10.4. The van der Waals surface area contributed by atoms with E-state index in [0.717, 1.165) is 24.2 Å². The van der Waals surface area contributed by atoms with Crippen molar-refractivity contribution in [1.29, 1.82) is 0 Å². The number of fused-ring (bicyclic) bond motifs is 5. The normalized spacial score (nSPS) is 46.6. The second-order valence-corrected chi connectivity index (χ2v) is 10.4. The van der Waals surface area contributed by atoms with Gasteiger partial charge in [-0.3, -0.25) is 0 Å². The van der Waals surface area contributed by atoms with Crippen molar-refractivity contribution >= 4 is 0 Å². The number of rotatable bonds is 2. The van der Waals surface area contributed by atoms with Crippen LogP contribution in [0.3, 0.4) is 0 Å². The maximum atomic E-state index is 12.8. The van der Waals surface area contributed by atoms with Crippen LogP contribution in [0.25, 0.3) is 0 Å². The quantitative estimate of drug-likeness (QED) is 0.444. The van der Waals surface area contributed by atoms with Crippen molar-refractivity contribution < 1.29 is 14.6 Å². The molecule has 4 fully saturated rings. The third-order valence-corrected chi connectivity index (χ3v) is 9.56. The zero-order valence-electron chi connectivity index (χ0n) is 18.0. The lowest BCUT2D eigenvalue weighted by molar-refractivity contribution is -0.143. The van der Waals surface area contributed by atoms with Gasteiger partial charge in [-0.05, 0) is 98.2 Å². The van der Waals surface area contributed by atoms with E-state index in [1.165, 1.54) is 57.8 Å². The van der Waals surface area contributed by atoms with Crippen LogP contribution in [-0.2, 0) is 0 Å². The van der Waals surface area contributed by atoms with E-state index in [9.17, 15) is 13.2 Å². The number of hydrogen-bond acceptors (Lipinski definition) is 0. The Hall–Kier alpha value is -0.210. The van der Waals surface area contributed by atoms with Crippen molar-refractivity contribution in [3.8, 4) is 0 Å². The molecule has 4 aliphatic carbocycles. The van der Waals surface area contributed by atoms with E-state index in [0.29, 0.717) is 23.7 Å². The van der Waals surface area contributed by atoms with E-state index in [4.69, 9.17) is 0 Å². The number of hydrogen-bond donors (Lipinski definition) is 0. The maximum absolute atomic E-state index is 12.8. The van der Waals surface area contributed by atoms with Crippen molar-refractivity contribution in [2.45, 2.75) is 111 Å². The predicted octanol–water partition coefficient (Wildman–Crippen LogP) is 8.65. The van der Waals surface area contributed by atoms with Gasteiger partial charge in [0.2, 0.25) is 0 Å². The molecule has 0 amide bonds. The molecule has 160 valence electrons. The molecule has 4 aliphatic rings. The minimum atomic E-state index is -3.99. The van der Waals surface area contributed by atoms with Gasteiger partial charge in [-0.1, -0.05) is 40.5 Å². The van der Waals surface area contributed by atoms with Crippen LogP contribution in [0.1, 0.15) is 106 Å². The fourth-order valence-electron chi connectivity index (χ4n) is 8.22. The highest BCUT2D eigenvalue weighted by Gasteiger charge is 2.59. The van der Waals surface area contributed by atoms with E-state index in [2.05, 4.69) is 13.8 Å². The standard InChI is InChI=1S/C22H35F3.C2H6.H2/c1-20-12-4-3-5-15(20)6-8-17-18-9-7-16(10-14-22(23,24)25)21(18,2)13-11-19(17)20;1-2;/h15-19H,3-14H2,1-2H3;1-2H3;1H. The fraction of sp³-hybridized carbons (Fsp3) is 1.00. The topological polar surface area (TPSA) is 0 Å². The first-order valence-electron chi connectivity index (χ1n) is 11.8. The first-order valence-corrected chi connectivity index (χ1v) is 11.8. The van der Waals surface area contributed by atoms with Crippen LogP contribution in [0.2, 0.25) is 0 Å². The highest BCUT2D eigenvalue weighted by atomic mass is 19.4. The minimum absolute atomic E-state index is 0. The molecule has 0 heterocycles. The van der Waals surface area contributed by atoms with E-state index < -0.39 is 12.6 Å². The van der Waals surface area contributed by atoms with Crippen LogP contribution >= 0.6 is 0 Å². The average Bonchev–Trinajstić information content (AvgIpc) is 2.97. The van der Waals surface area contributed by atoms with Gasteiger partial charge < -0.3 is 0 Å². The smallest absolute Gasteiger partial charge is 0.171 e. The van der Waals surface area contributed by atoms with Gasteiger partial charge in [0.15, 0.2) is 0 Å². The molecule has 0 radical (unpaired) electrons. The zero-order chi connectivity index (χ0) is 19.9. The second kappa shape index (κ2) is 7.90. The van der Waals surface area contributed by atoms with E-state index >= 15 is 0 Å². The Morgan fingerprint density at radius 2 is 1.52 bits per heavy atom. The molecule has 0 aliphatic heterocycles. The molecule has 0 nitrogen and oxygen atoms in total. The molecule has 3 heteroatoms. The molecule has 0 aromatic heterocycles. The summed E-state index contributed by atoms with van der Waals surface area (Å²) in [7, 11) is 0. The van der Waals surface area contributed by atoms with Gasteiger partial charge in [0.25, 0.3) is 0 Å². The van der Waals surface area contributed by atoms with E-state index in [1.54, 1.807) is 0 Å². The summed E-state index contributed by atoms with van der Waals surface area (Å²) < 4.78 is 38.3. The van der Waals surface area contributed by atoms with Crippen LogP contribution in [0.15, 0.2) is 0 Å². The summed E-state index contributed by atoms with van der Waals surface area (Å²) in [5, 5.41) is 0.